The van der Waals surface area contributed by atoms with Crippen LogP contribution in [-0.2, 0) is 36.9 Å². The van der Waals surface area contributed by atoms with Crippen LogP contribution in [0.4, 0.5) is 0 Å². The first-order chi connectivity index (χ1) is 13.7. The first-order valence-electron chi connectivity index (χ1n) is 9.39. The van der Waals surface area contributed by atoms with Crippen LogP contribution in [0.1, 0.15) is 11.1 Å². The van der Waals surface area contributed by atoms with E-state index in [1.807, 2.05) is 60.7 Å². The molecule has 28 heavy (non-hydrogen) atoms. The fourth-order valence-corrected chi connectivity index (χ4v) is 3.33. The Hall–Kier alpha value is -1.80. The van der Waals surface area contributed by atoms with Crippen LogP contribution in [0.2, 0.25) is 0 Å². The number of hydrogen-bond acceptors (Lipinski definition) is 6. The average Bonchev–Trinajstić information content (AvgIpc) is 2.74. The number of methoxy groups -OCH3 is 2. The largest absolute Gasteiger partial charge is 0.385 e. The second-order valence-corrected chi connectivity index (χ2v) is 6.73. The summed E-state index contributed by atoms with van der Waals surface area (Å²) in [6.45, 7) is 1.14. The molecule has 1 aliphatic heterocycles. The van der Waals surface area contributed by atoms with Gasteiger partial charge in [-0.1, -0.05) is 60.7 Å². The van der Waals surface area contributed by atoms with Gasteiger partial charge in [0.25, 0.3) is 0 Å². The van der Waals surface area contributed by atoms with E-state index >= 15 is 0 Å². The molecule has 152 valence electrons. The molecule has 2 aromatic rings. The summed E-state index contributed by atoms with van der Waals surface area (Å²) in [5, 5.41) is 10.5. The molecule has 6 heteroatoms. The van der Waals surface area contributed by atoms with E-state index in [0.29, 0.717) is 19.8 Å². The SMILES string of the molecule is CO[C@H]1O[C@H](COCc2ccccc2)[C@@H](OCc2ccccc2)[C@H](OC)[C@@H]1O. The highest BCUT2D eigenvalue weighted by Crippen LogP contribution is 2.27. The molecule has 2 aromatic carbocycles. The predicted octanol–water partition coefficient (Wildman–Crippen LogP) is 2.54. The number of ether oxygens (including phenoxy) is 5. The molecular formula is C22H28O6. The van der Waals surface area contributed by atoms with E-state index in [0.717, 1.165) is 11.1 Å². The van der Waals surface area contributed by atoms with Crippen molar-refractivity contribution in [3.8, 4) is 0 Å². The molecule has 0 amide bonds. The lowest BCUT2D eigenvalue weighted by Gasteiger charge is -2.43. The summed E-state index contributed by atoms with van der Waals surface area (Å²) in [6, 6.07) is 19.8. The minimum Gasteiger partial charge on any atom is -0.385 e. The maximum atomic E-state index is 10.5. The monoisotopic (exact) mass is 388 g/mol. The van der Waals surface area contributed by atoms with E-state index in [1.54, 1.807) is 7.11 Å². The fourth-order valence-electron chi connectivity index (χ4n) is 3.33. The topological polar surface area (TPSA) is 66.4 Å². The first kappa shape index (κ1) is 20.9. The van der Waals surface area contributed by atoms with Crippen molar-refractivity contribution in [2.75, 3.05) is 20.8 Å². The van der Waals surface area contributed by atoms with Gasteiger partial charge in [-0.3, -0.25) is 0 Å². The van der Waals surface area contributed by atoms with Crippen molar-refractivity contribution >= 4 is 0 Å². The van der Waals surface area contributed by atoms with Crippen LogP contribution in [-0.4, -0.2) is 56.6 Å². The highest BCUT2D eigenvalue weighted by atomic mass is 16.7. The van der Waals surface area contributed by atoms with E-state index in [4.69, 9.17) is 23.7 Å². The molecule has 0 spiro atoms. The molecule has 0 aromatic heterocycles. The van der Waals surface area contributed by atoms with Crippen LogP contribution in [0, 0.1) is 0 Å². The molecule has 0 bridgehead atoms. The molecule has 1 heterocycles. The summed E-state index contributed by atoms with van der Waals surface area (Å²) < 4.78 is 28.7. The third-order valence-electron chi connectivity index (χ3n) is 4.80. The van der Waals surface area contributed by atoms with Crippen LogP contribution in [0.5, 0.6) is 0 Å². The number of hydrogen-bond donors (Lipinski definition) is 1. The van der Waals surface area contributed by atoms with Crippen LogP contribution in [0.15, 0.2) is 60.7 Å². The molecule has 0 radical (unpaired) electrons. The van der Waals surface area contributed by atoms with E-state index < -0.39 is 30.7 Å². The van der Waals surface area contributed by atoms with Gasteiger partial charge in [-0.05, 0) is 11.1 Å². The maximum absolute atomic E-state index is 10.5. The predicted molar refractivity (Wildman–Crippen MR) is 104 cm³/mol. The second-order valence-electron chi connectivity index (χ2n) is 6.73. The lowest BCUT2D eigenvalue weighted by atomic mass is 9.98. The minimum atomic E-state index is -0.957. The molecule has 1 aliphatic rings. The Bertz CT molecular complexity index is 680. The Morgan fingerprint density at radius 3 is 2.00 bits per heavy atom. The number of aliphatic hydroxyl groups is 1. The quantitative estimate of drug-likeness (QED) is 0.712. The normalized spacial score (nSPS) is 27.6. The zero-order valence-electron chi connectivity index (χ0n) is 16.3. The van der Waals surface area contributed by atoms with Gasteiger partial charge in [0.15, 0.2) is 6.29 Å². The Kier molecular flexibility index (Phi) is 7.97. The van der Waals surface area contributed by atoms with Crippen molar-refractivity contribution in [3.05, 3.63) is 71.8 Å². The Morgan fingerprint density at radius 2 is 1.43 bits per heavy atom. The van der Waals surface area contributed by atoms with Gasteiger partial charge in [-0.25, -0.2) is 0 Å². The second kappa shape index (κ2) is 10.7. The fraction of sp³-hybridized carbons (Fsp3) is 0.455. The zero-order chi connectivity index (χ0) is 19.8. The van der Waals surface area contributed by atoms with E-state index in [9.17, 15) is 5.11 Å². The van der Waals surface area contributed by atoms with Crippen LogP contribution < -0.4 is 0 Å². The molecule has 5 atom stereocenters. The molecule has 1 fully saturated rings. The molecule has 0 saturated carbocycles. The van der Waals surface area contributed by atoms with Crippen molar-refractivity contribution in [2.45, 2.75) is 43.9 Å². The van der Waals surface area contributed by atoms with Gasteiger partial charge in [0.1, 0.15) is 24.4 Å². The zero-order valence-corrected chi connectivity index (χ0v) is 16.3. The van der Waals surface area contributed by atoms with E-state index in [1.165, 1.54) is 7.11 Å². The van der Waals surface area contributed by atoms with E-state index in [2.05, 4.69) is 0 Å². The lowest BCUT2D eigenvalue weighted by Crippen LogP contribution is -2.60. The smallest absolute Gasteiger partial charge is 0.186 e. The molecule has 1 saturated heterocycles. The summed E-state index contributed by atoms with van der Waals surface area (Å²) in [6.07, 6.45) is -3.28. The van der Waals surface area contributed by atoms with Gasteiger partial charge in [-0.15, -0.1) is 0 Å². The molecular weight excluding hydrogens is 360 g/mol. The third kappa shape index (κ3) is 5.38. The van der Waals surface area contributed by atoms with Gasteiger partial charge in [0.2, 0.25) is 0 Å². The Balaban J connectivity index is 1.66. The molecule has 0 unspecified atom stereocenters. The number of rotatable bonds is 9. The summed E-state index contributed by atoms with van der Waals surface area (Å²) >= 11 is 0. The summed E-state index contributed by atoms with van der Waals surface area (Å²) in [4.78, 5) is 0. The first-order valence-corrected chi connectivity index (χ1v) is 9.39. The number of benzene rings is 2. The third-order valence-corrected chi connectivity index (χ3v) is 4.80. The van der Waals surface area contributed by atoms with Gasteiger partial charge in [0, 0.05) is 14.2 Å². The summed E-state index contributed by atoms with van der Waals surface area (Å²) in [7, 11) is 3.04. The summed E-state index contributed by atoms with van der Waals surface area (Å²) in [5.74, 6) is 0. The van der Waals surface area contributed by atoms with Crippen LogP contribution >= 0.6 is 0 Å². The van der Waals surface area contributed by atoms with Gasteiger partial charge in [0.05, 0.1) is 19.8 Å². The van der Waals surface area contributed by atoms with Crippen molar-refractivity contribution in [2.24, 2.45) is 0 Å². The lowest BCUT2D eigenvalue weighted by molar-refractivity contribution is -0.308. The summed E-state index contributed by atoms with van der Waals surface area (Å²) in [5.41, 5.74) is 2.11. The standard InChI is InChI=1S/C22H28O6/c1-24-21-19(23)22(25-2)28-18(15-26-13-16-9-5-3-6-10-16)20(21)27-14-17-11-7-4-8-12-17/h3-12,18-23H,13-15H2,1-2H3/t18-,19+,20-,21-,22+/m1/s1. The van der Waals surface area contributed by atoms with Crippen molar-refractivity contribution in [3.63, 3.8) is 0 Å². The van der Waals surface area contributed by atoms with Gasteiger partial charge in [-0.2, -0.15) is 0 Å². The molecule has 1 N–H and O–H groups in total. The Morgan fingerprint density at radius 1 is 0.821 bits per heavy atom. The average molecular weight is 388 g/mol. The highest BCUT2D eigenvalue weighted by Gasteiger charge is 2.46. The van der Waals surface area contributed by atoms with Crippen LogP contribution in [0.25, 0.3) is 0 Å². The van der Waals surface area contributed by atoms with Crippen molar-refractivity contribution in [1.29, 1.82) is 0 Å². The Labute approximate surface area is 165 Å². The van der Waals surface area contributed by atoms with Gasteiger partial charge < -0.3 is 28.8 Å². The molecule has 0 aliphatic carbocycles. The molecule has 3 rings (SSSR count). The maximum Gasteiger partial charge on any atom is 0.186 e. The van der Waals surface area contributed by atoms with E-state index in [-0.39, 0.29) is 0 Å². The molecule has 6 nitrogen and oxygen atoms in total. The van der Waals surface area contributed by atoms with Crippen molar-refractivity contribution in [1.82, 2.24) is 0 Å². The highest BCUT2D eigenvalue weighted by molar-refractivity contribution is 5.14. The number of aliphatic hydroxyl groups excluding tert-OH is 1. The van der Waals surface area contributed by atoms with Crippen molar-refractivity contribution < 1.29 is 28.8 Å². The van der Waals surface area contributed by atoms with Crippen LogP contribution in [0.3, 0.4) is 0 Å². The minimum absolute atomic E-state index is 0.292. The van der Waals surface area contributed by atoms with Gasteiger partial charge >= 0.3 is 0 Å².